The summed E-state index contributed by atoms with van der Waals surface area (Å²) in [5, 5.41) is 0.115. The quantitative estimate of drug-likeness (QED) is 0.495. The minimum absolute atomic E-state index is 0.0303. The molecule has 4 heterocycles. The topological polar surface area (TPSA) is 100 Å². The van der Waals surface area contributed by atoms with E-state index in [1.54, 1.807) is 18.2 Å². The zero-order valence-corrected chi connectivity index (χ0v) is 18.6. The molecule has 0 spiro atoms. The Hall–Kier alpha value is -2.08. The molecule has 1 aromatic heterocycles. The van der Waals surface area contributed by atoms with E-state index in [-0.39, 0.29) is 23.6 Å². The van der Waals surface area contributed by atoms with Gasteiger partial charge in [-0.1, -0.05) is 6.07 Å². The third kappa shape index (κ3) is 4.14. The molecule has 9 nitrogen and oxygen atoms in total. The van der Waals surface area contributed by atoms with E-state index in [4.69, 9.17) is 18.9 Å². The van der Waals surface area contributed by atoms with Crippen molar-refractivity contribution < 1.29 is 31.8 Å². The van der Waals surface area contributed by atoms with Crippen LogP contribution in [0.5, 0.6) is 5.75 Å². The first-order valence-corrected chi connectivity index (χ1v) is 12.7. The number of anilines is 1. The molecule has 4 unspecified atom stereocenters. The average Bonchev–Trinajstić information content (AvgIpc) is 3.30. The van der Waals surface area contributed by atoms with Gasteiger partial charge in [-0.3, -0.25) is 0 Å². The zero-order valence-electron chi connectivity index (χ0n) is 17.8. The van der Waals surface area contributed by atoms with Crippen LogP contribution in [0.1, 0.15) is 25.7 Å². The molecule has 0 bridgehead atoms. The van der Waals surface area contributed by atoms with E-state index in [2.05, 4.69) is 9.97 Å². The Kier molecular flexibility index (Phi) is 5.91. The summed E-state index contributed by atoms with van der Waals surface area (Å²) in [5.74, 6) is 0.624. The molecule has 0 N–H and O–H groups in total. The van der Waals surface area contributed by atoms with Crippen LogP contribution in [-0.4, -0.2) is 75.8 Å². The van der Waals surface area contributed by atoms with Crippen LogP contribution in [0, 0.1) is 0 Å². The number of hydrogen-bond acceptors (Lipinski definition) is 9. The van der Waals surface area contributed by atoms with Gasteiger partial charge in [0.1, 0.15) is 24.3 Å². The van der Waals surface area contributed by atoms with Crippen molar-refractivity contribution >= 4 is 26.6 Å². The van der Waals surface area contributed by atoms with Gasteiger partial charge in [0, 0.05) is 19.5 Å². The fraction of sp³-hybridized carbons (Fsp3) is 0.619. The van der Waals surface area contributed by atoms with Crippen molar-refractivity contribution in [2.45, 2.75) is 55.6 Å². The zero-order chi connectivity index (χ0) is 22.3. The molecule has 4 atom stereocenters. The molecular formula is C21H26FN3O6S. The summed E-state index contributed by atoms with van der Waals surface area (Å²) in [6.07, 6.45) is 1.08. The van der Waals surface area contributed by atoms with Gasteiger partial charge < -0.3 is 23.8 Å². The van der Waals surface area contributed by atoms with Gasteiger partial charge in [-0.05, 0) is 37.8 Å². The lowest BCUT2D eigenvalue weighted by molar-refractivity contribution is -0.205. The summed E-state index contributed by atoms with van der Waals surface area (Å²) < 4.78 is 64.0. The van der Waals surface area contributed by atoms with Crippen LogP contribution in [0.25, 0.3) is 10.9 Å². The van der Waals surface area contributed by atoms with Crippen LogP contribution in [0.2, 0.25) is 0 Å². The Balaban J connectivity index is 1.63. The van der Waals surface area contributed by atoms with Gasteiger partial charge in [-0.25, -0.2) is 22.8 Å². The molecule has 2 fully saturated rings. The Labute approximate surface area is 185 Å². The fourth-order valence-corrected chi connectivity index (χ4v) is 4.88. The molecule has 11 heteroatoms. The van der Waals surface area contributed by atoms with E-state index in [0.29, 0.717) is 49.3 Å². The monoisotopic (exact) mass is 467 g/mol. The van der Waals surface area contributed by atoms with Crippen LogP contribution in [0.4, 0.5) is 10.2 Å². The molecule has 0 saturated carbocycles. The summed E-state index contributed by atoms with van der Waals surface area (Å²) >= 11 is 0. The Morgan fingerprint density at radius 1 is 1.16 bits per heavy atom. The normalized spacial score (nSPS) is 28.9. The summed E-state index contributed by atoms with van der Waals surface area (Å²) in [5.41, 5.74) is 0.374. The third-order valence-electron chi connectivity index (χ3n) is 5.96. The molecule has 3 aliphatic rings. The summed E-state index contributed by atoms with van der Waals surface area (Å²) in [6, 6.07) is 4.80. The number of aromatic nitrogens is 2. The molecule has 2 aromatic rings. The number of rotatable bonds is 4. The lowest BCUT2D eigenvalue weighted by Gasteiger charge is -2.39. The highest BCUT2D eigenvalue weighted by atomic mass is 32.2. The standard InChI is InChI=1S/C21H26FN3O6S/c1-32(26,27)21-23-14-5-4-6-15-18(14)20(24-21)25(13-8-10-28-11-13)19(22)16(12-30-15)31-17-7-2-3-9-29-17/h4-6,13,16-17,19H,2-3,7-12H2,1H3. The second kappa shape index (κ2) is 8.69. The van der Waals surface area contributed by atoms with Crippen LogP contribution in [-0.2, 0) is 24.0 Å². The Morgan fingerprint density at radius 3 is 2.75 bits per heavy atom. The van der Waals surface area contributed by atoms with E-state index in [9.17, 15) is 8.42 Å². The number of benzene rings is 1. The van der Waals surface area contributed by atoms with Crippen molar-refractivity contribution in [3.8, 4) is 5.75 Å². The van der Waals surface area contributed by atoms with E-state index in [1.807, 2.05) is 0 Å². The van der Waals surface area contributed by atoms with Crippen LogP contribution in [0.15, 0.2) is 23.4 Å². The average molecular weight is 468 g/mol. The lowest BCUT2D eigenvalue weighted by Crippen LogP contribution is -2.52. The lowest BCUT2D eigenvalue weighted by atomic mass is 10.1. The largest absolute Gasteiger partial charge is 0.490 e. The number of alkyl halides is 1. The Morgan fingerprint density at radius 2 is 2.03 bits per heavy atom. The van der Waals surface area contributed by atoms with Crippen molar-refractivity contribution in [2.75, 3.05) is 37.6 Å². The van der Waals surface area contributed by atoms with Crippen LogP contribution in [0.3, 0.4) is 0 Å². The van der Waals surface area contributed by atoms with Crippen LogP contribution >= 0.6 is 0 Å². The fourth-order valence-electron chi connectivity index (χ4n) is 4.37. The highest BCUT2D eigenvalue weighted by Crippen LogP contribution is 2.39. The predicted octanol–water partition coefficient (Wildman–Crippen LogP) is 2.23. The smallest absolute Gasteiger partial charge is 0.249 e. The maximum atomic E-state index is 16.2. The van der Waals surface area contributed by atoms with Gasteiger partial charge in [-0.15, -0.1) is 0 Å². The Bertz CT molecular complexity index is 1090. The molecule has 0 amide bonds. The number of nitrogens with zero attached hydrogens (tertiary/aromatic N) is 3. The molecule has 1 aromatic carbocycles. The molecule has 0 aliphatic carbocycles. The summed E-state index contributed by atoms with van der Waals surface area (Å²) in [4.78, 5) is 10.0. The minimum atomic E-state index is -3.73. The summed E-state index contributed by atoms with van der Waals surface area (Å²) in [7, 11) is -3.73. The van der Waals surface area contributed by atoms with Gasteiger partial charge in [0.15, 0.2) is 6.29 Å². The van der Waals surface area contributed by atoms with E-state index >= 15 is 4.39 Å². The minimum Gasteiger partial charge on any atom is -0.490 e. The maximum Gasteiger partial charge on any atom is 0.249 e. The first kappa shape index (κ1) is 21.7. The van der Waals surface area contributed by atoms with Crippen molar-refractivity contribution in [3.63, 3.8) is 0 Å². The highest BCUT2D eigenvalue weighted by molar-refractivity contribution is 7.90. The van der Waals surface area contributed by atoms with Crippen molar-refractivity contribution in [1.29, 1.82) is 0 Å². The van der Waals surface area contributed by atoms with E-state index in [1.165, 1.54) is 4.90 Å². The van der Waals surface area contributed by atoms with Gasteiger partial charge in [0.2, 0.25) is 21.3 Å². The van der Waals surface area contributed by atoms with Gasteiger partial charge in [0.05, 0.1) is 23.6 Å². The van der Waals surface area contributed by atoms with Gasteiger partial charge >= 0.3 is 0 Å². The maximum absolute atomic E-state index is 16.2. The number of hydrogen-bond donors (Lipinski definition) is 0. The first-order chi connectivity index (χ1) is 15.4. The van der Waals surface area contributed by atoms with Crippen LogP contribution < -0.4 is 9.64 Å². The third-order valence-corrected chi connectivity index (χ3v) is 6.81. The molecule has 32 heavy (non-hydrogen) atoms. The SMILES string of the molecule is CS(=O)(=O)c1nc2c3c(cccc3n1)OCC(OC1CCCCO1)C(F)N2C1CCOC1. The summed E-state index contributed by atoms with van der Waals surface area (Å²) in [6.45, 7) is 1.33. The molecular weight excluding hydrogens is 441 g/mol. The van der Waals surface area contributed by atoms with Gasteiger partial charge in [0.25, 0.3) is 0 Å². The van der Waals surface area contributed by atoms with Crippen molar-refractivity contribution in [3.05, 3.63) is 18.2 Å². The predicted molar refractivity (Wildman–Crippen MR) is 113 cm³/mol. The second-order valence-corrected chi connectivity index (χ2v) is 10.2. The number of sulfone groups is 1. The molecule has 2 saturated heterocycles. The van der Waals surface area contributed by atoms with E-state index in [0.717, 1.165) is 19.1 Å². The van der Waals surface area contributed by atoms with E-state index < -0.39 is 28.5 Å². The van der Waals surface area contributed by atoms with Gasteiger partial charge in [-0.2, -0.15) is 0 Å². The number of halogens is 1. The molecule has 5 rings (SSSR count). The van der Waals surface area contributed by atoms with Crippen molar-refractivity contribution in [2.24, 2.45) is 0 Å². The molecule has 3 aliphatic heterocycles. The molecule has 174 valence electrons. The highest BCUT2D eigenvalue weighted by Gasteiger charge is 2.41. The number of ether oxygens (including phenoxy) is 4. The second-order valence-electron chi connectivity index (χ2n) is 8.33. The van der Waals surface area contributed by atoms with Crippen molar-refractivity contribution in [1.82, 2.24) is 9.97 Å². The molecule has 0 radical (unpaired) electrons. The first-order valence-electron chi connectivity index (χ1n) is 10.8.